The fourth-order valence-electron chi connectivity index (χ4n) is 6.33. The van der Waals surface area contributed by atoms with Crippen LogP contribution in [0, 0.1) is 0 Å². The maximum Gasteiger partial charge on any atom is 0.0987 e. The van der Waals surface area contributed by atoms with Crippen LogP contribution in [0.2, 0.25) is 0 Å². The summed E-state index contributed by atoms with van der Waals surface area (Å²) in [5.41, 5.74) is 9.42. The van der Waals surface area contributed by atoms with Crippen molar-refractivity contribution in [3.8, 4) is 28.2 Å². The summed E-state index contributed by atoms with van der Waals surface area (Å²) >= 11 is 1.86. The first kappa shape index (κ1) is 23.4. The second-order valence-electron chi connectivity index (χ2n) is 10.6. The molecule has 3 heterocycles. The Kier molecular flexibility index (Phi) is 5.07. The van der Waals surface area contributed by atoms with E-state index in [9.17, 15) is 0 Å². The van der Waals surface area contributed by atoms with E-state index in [1.54, 1.807) is 0 Å². The minimum Gasteiger partial charge on any atom is -0.309 e. The highest BCUT2D eigenvalue weighted by Crippen LogP contribution is 2.46. The van der Waals surface area contributed by atoms with Crippen LogP contribution in [-0.4, -0.2) is 14.5 Å². The van der Waals surface area contributed by atoms with Crippen molar-refractivity contribution in [2.45, 2.75) is 0 Å². The maximum atomic E-state index is 5.24. The smallest absolute Gasteiger partial charge is 0.0987 e. The molecule has 196 valence electrons. The van der Waals surface area contributed by atoms with Gasteiger partial charge in [0.25, 0.3) is 0 Å². The standard InChI is InChI=1S/C38H23N3S/c1-3-12-24(13-4-1)35-36(40-31-20-9-8-19-30(31)39-35)29-18-11-17-26-27-22-23-33-34(38(27)42-37(26)29)28-16-7-10-21-32(28)41(33)25-14-5-2-6-15-25/h1-23H. The fraction of sp³-hybridized carbons (Fsp3) is 0. The van der Waals surface area contributed by atoms with Gasteiger partial charge < -0.3 is 4.57 Å². The van der Waals surface area contributed by atoms with Gasteiger partial charge in [-0.05, 0) is 36.4 Å². The molecular formula is C38H23N3S. The van der Waals surface area contributed by atoms with Crippen molar-refractivity contribution in [2.75, 3.05) is 0 Å². The summed E-state index contributed by atoms with van der Waals surface area (Å²) in [5, 5.41) is 5.09. The first-order valence-electron chi connectivity index (χ1n) is 14.1. The second-order valence-corrected chi connectivity index (χ2v) is 11.6. The highest BCUT2D eigenvalue weighted by Gasteiger charge is 2.21. The minimum absolute atomic E-state index is 0.901. The number of aromatic nitrogens is 3. The van der Waals surface area contributed by atoms with E-state index in [2.05, 4.69) is 114 Å². The Balaban J connectivity index is 1.39. The molecule has 0 spiro atoms. The number of hydrogen-bond acceptors (Lipinski definition) is 3. The molecule has 3 nitrogen and oxygen atoms in total. The summed E-state index contributed by atoms with van der Waals surface area (Å²) in [4.78, 5) is 10.4. The first-order valence-corrected chi connectivity index (χ1v) is 14.9. The van der Waals surface area contributed by atoms with E-state index in [0.717, 1.165) is 33.5 Å². The van der Waals surface area contributed by atoms with Gasteiger partial charge in [-0.3, -0.25) is 0 Å². The van der Waals surface area contributed by atoms with Gasteiger partial charge in [-0.25, -0.2) is 9.97 Å². The van der Waals surface area contributed by atoms with Crippen LogP contribution in [-0.2, 0) is 0 Å². The molecule has 0 amide bonds. The zero-order valence-electron chi connectivity index (χ0n) is 22.5. The molecule has 0 aliphatic rings. The van der Waals surface area contributed by atoms with Gasteiger partial charge in [-0.15, -0.1) is 11.3 Å². The third kappa shape index (κ3) is 3.39. The monoisotopic (exact) mass is 553 g/mol. The zero-order valence-corrected chi connectivity index (χ0v) is 23.3. The molecule has 9 rings (SSSR count). The van der Waals surface area contributed by atoms with Gasteiger partial charge >= 0.3 is 0 Å². The van der Waals surface area contributed by atoms with Crippen molar-refractivity contribution >= 4 is 64.3 Å². The maximum absolute atomic E-state index is 5.24. The van der Waals surface area contributed by atoms with Gasteiger partial charge in [0.2, 0.25) is 0 Å². The van der Waals surface area contributed by atoms with Gasteiger partial charge in [0.15, 0.2) is 0 Å². The van der Waals surface area contributed by atoms with Crippen molar-refractivity contribution in [2.24, 2.45) is 0 Å². The lowest BCUT2D eigenvalue weighted by Gasteiger charge is -2.11. The van der Waals surface area contributed by atoms with Gasteiger partial charge in [0.1, 0.15) is 0 Å². The normalized spacial score (nSPS) is 11.8. The third-order valence-electron chi connectivity index (χ3n) is 8.19. The summed E-state index contributed by atoms with van der Waals surface area (Å²) in [6.07, 6.45) is 0. The Morgan fingerprint density at radius 1 is 0.452 bits per heavy atom. The SMILES string of the molecule is c1ccc(-c2nc3ccccc3nc2-c2cccc3c2sc2c3ccc3c2c2ccccc2n3-c2ccccc2)cc1. The zero-order chi connectivity index (χ0) is 27.6. The van der Waals surface area contributed by atoms with E-state index in [0.29, 0.717) is 0 Å². The van der Waals surface area contributed by atoms with Crippen LogP contribution in [0.25, 0.3) is 81.2 Å². The average Bonchev–Trinajstić information content (AvgIpc) is 3.61. The van der Waals surface area contributed by atoms with Crippen LogP contribution < -0.4 is 0 Å². The molecule has 9 aromatic rings. The van der Waals surface area contributed by atoms with Crippen LogP contribution in [0.1, 0.15) is 0 Å². The van der Waals surface area contributed by atoms with Gasteiger partial charge in [-0.2, -0.15) is 0 Å². The predicted octanol–water partition coefficient (Wildman–Crippen LogP) is 10.4. The Hall–Kier alpha value is -5.32. The van der Waals surface area contributed by atoms with E-state index >= 15 is 0 Å². The molecule has 0 radical (unpaired) electrons. The van der Waals surface area contributed by atoms with E-state index in [-0.39, 0.29) is 0 Å². The molecule has 0 saturated carbocycles. The summed E-state index contributed by atoms with van der Waals surface area (Å²) < 4.78 is 4.92. The number of hydrogen-bond donors (Lipinski definition) is 0. The van der Waals surface area contributed by atoms with Crippen molar-refractivity contribution in [3.63, 3.8) is 0 Å². The van der Waals surface area contributed by atoms with E-state index in [1.807, 2.05) is 41.7 Å². The number of nitrogens with zero attached hydrogens (tertiary/aromatic N) is 3. The lowest BCUT2D eigenvalue weighted by Crippen LogP contribution is -1.95. The number of fused-ring (bicyclic) bond motifs is 8. The quantitative estimate of drug-likeness (QED) is 0.218. The molecule has 4 heteroatoms. The minimum atomic E-state index is 0.901. The Morgan fingerprint density at radius 3 is 1.90 bits per heavy atom. The summed E-state index contributed by atoms with van der Waals surface area (Å²) in [6.45, 7) is 0. The molecule has 0 N–H and O–H groups in total. The largest absolute Gasteiger partial charge is 0.309 e. The third-order valence-corrected chi connectivity index (χ3v) is 9.46. The Morgan fingerprint density at radius 2 is 1.10 bits per heavy atom. The topological polar surface area (TPSA) is 30.7 Å². The van der Waals surface area contributed by atoms with Crippen molar-refractivity contribution in [3.05, 3.63) is 140 Å². The Labute approximate surface area is 246 Å². The van der Waals surface area contributed by atoms with Gasteiger partial charge in [-0.1, -0.05) is 103 Å². The van der Waals surface area contributed by atoms with E-state index in [1.165, 1.54) is 47.7 Å². The highest BCUT2D eigenvalue weighted by molar-refractivity contribution is 7.27. The second kappa shape index (κ2) is 9.10. The molecule has 6 aromatic carbocycles. The highest BCUT2D eigenvalue weighted by atomic mass is 32.1. The first-order chi connectivity index (χ1) is 20.8. The fourth-order valence-corrected chi connectivity index (χ4v) is 7.71. The molecule has 0 aliphatic carbocycles. The summed E-state index contributed by atoms with van der Waals surface area (Å²) in [5.74, 6) is 0. The van der Waals surface area contributed by atoms with Crippen molar-refractivity contribution < 1.29 is 0 Å². The van der Waals surface area contributed by atoms with Crippen LogP contribution in [0.4, 0.5) is 0 Å². The lowest BCUT2D eigenvalue weighted by molar-refractivity contribution is 1.18. The van der Waals surface area contributed by atoms with Crippen LogP contribution in [0.5, 0.6) is 0 Å². The summed E-state index contributed by atoms with van der Waals surface area (Å²) in [6, 6.07) is 49.1. The number of para-hydroxylation sites is 4. The lowest BCUT2D eigenvalue weighted by atomic mass is 10.0. The molecule has 0 aliphatic heterocycles. The molecule has 0 fully saturated rings. The number of benzene rings is 6. The van der Waals surface area contributed by atoms with Crippen LogP contribution >= 0.6 is 11.3 Å². The molecule has 42 heavy (non-hydrogen) atoms. The van der Waals surface area contributed by atoms with Crippen molar-refractivity contribution in [1.29, 1.82) is 0 Å². The average molecular weight is 554 g/mol. The van der Waals surface area contributed by atoms with Crippen LogP contribution in [0.15, 0.2) is 140 Å². The van der Waals surface area contributed by atoms with E-state index < -0.39 is 0 Å². The molecular weight excluding hydrogens is 531 g/mol. The summed E-state index contributed by atoms with van der Waals surface area (Å²) in [7, 11) is 0. The van der Waals surface area contributed by atoms with Gasteiger partial charge in [0, 0.05) is 47.8 Å². The van der Waals surface area contributed by atoms with Gasteiger partial charge in [0.05, 0.1) is 33.5 Å². The predicted molar refractivity (Wildman–Crippen MR) is 178 cm³/mol. The number of thiophene rings is 1. The molecule has 0 bridgehead atoms. The molecule has 0 atom stereocenters. The molecule has 3 aromatic heterocycles. The Bertz CT molecular complexity index is 2460. The molecule has 0 unspecified atom stereocenters. The van der Waals surface area contributed by atoms with Crippen molar-refractivity contribution in [1.82, 2.24) is 14.5 Å². The number of rotatable bonds is 3. The van der Waals surface area contributed by atoms with Crippen LogP contribution in [0.3, 0.4) is 0 Å². The van der Waals surface area contributed by atoms with E-state index in [4.69, 9.17) is 9.97 Å². The molecule has 0 saturated heterocycles.